The molecule has 0 amide bonds. The van der Waals surface area contributed by atoms with E-state index in [0.29, 0.717) is 12.1 Å². The monoisotopic (exact) mass is 1100 g/mol. The molecular formula is C64H124O7P2S. The van der Waals surface area contributed by atoms with E-state index >= 15 is 0 Å². The molecule has 0 saturated heterocycles. The SMILES string of the molecule is CCCCCCCCCCCCCCCC[P+](CCCC)(CCCC)CCCC.CCCCCCCCCCCCCCCC[P+](CCCC)(CCCC)CCCC.O=C([O-])c1ccc(C(=O)[O-])c(S(=O)(=O)O)c1. The lowest BCUT2D eigenvalue weighted by atomic mass is 10.0. The van der Waals surface area contributed by atoms with Gasteiger partial charge in [0.25, 0.3) is 10.1 Å². The van der Waals surface area contributed by atoms with Crippen molar-refractivity contribution in [3.63, 3.8) is 0 Å². The first-order valence-electron chi connectivity index (χ1n) is 32.0. The Hall–Kier alpha value is -1.07. The van der Waals surface area contributed by atoms with Crippen LogP contribution in [0.3, 0.4) is 0 Å². The van der Waals surface area contributed by atoms with Crippen molar-refractivity contribution < 1.29 is 32.8 Å². The predicted molar refractivity (Wildman–Crippen MR) is 328 cm³/mol. The average Bonchev–Trinajstić information content (AvgIpc) is 3.39. The smallest absolute Gasteiger partial charge is 0.295 e. The number of carbonyl (C=O) groups is 2. The van der Waals surface area contributed by atoms with Gasteiger partial charge in [-0.1, -0.05) is 260 Å². The Morgan fingerprint density at radius 1 is 0.351 bits per heavy atom. The van der Waals surface area contributed by atoms with Crippen molar-refractivity contribution in [1.82, 2.24) is 0 Å². The number of hydrogen-bond acceptors (Lipinski definition) is 6. The molecule has 0 aliphatic rings. The molecule has 0 atom stereocenters. The van der Waals surface area contributed by atoms with Crippen molar-refractivity contribution in [2.75, 3.05) is 49.3 Å². The van der Waals surface area contributed by atoms with Crippen molar-refractivity contribution >= 4 is 36.6 Å². The predicted octanol–water partition coefficient (Wildman–Crippen LogP) is 19.4. The van der Waals surface area contributed by atoms with Crippen LogP contribution in [0.4, 0.5) is 0 Å². The molecule has 0 unspecified atom stereocenters. The van der Waals surface area contributed by atoms with E-state index in [2.05, 4.69) is 55.4 Å². The van der Waals surface area contributed by atoms with Gasteiger partial charge in [-0.25, -0.2) is 0 Å². The zero-order valence-corrected chi connectivity index (χ0v) is 53.0. The largest absolute Gasteiger partial charge is 0.545 e. The van der Waals surface area contributed by atoms with Gasteiger partial charge in [-0.05, 0) is 75.8 Å². The van der Waals surface area contributed by atoms with Crippen molar-refractivity contribution in [2.45, 2.75) is 317 Å². The number of carboxylic acid groups (broad SMARTS) is 2. The summed E-state index contributed by atoms with van der Waals surface area (Å²) in [6, 6.07) is 2.01. The summed E-state index contributed by atoms with van der Waals surface area (Å²) in [6.07, 6.45) is 71.9. The Morgan fingerprint density at radius 2 is 0.568 bits per heavy atom. The second kappa shape index (κ2) is 52.6. The van der Waals surface area contributed by atoms with Crippen LogP contribution in [-0.4, -0.2) is 74.2 Å². The van der Waals surface area contributed by atoms with Crippen molar-refractivity contribution in [2.24, 2.45) is 0 Å². The molecule has 1 aromatic rings. The second-order valence-corrected chi connectivity index (χ2v) is 32.9. The number of hydrogen-bond donors (Lipinski definition) is 1. The van der Waals surface area contributed by atoms with Gasteiger partial charge in [-0.15, -0.1) is 0 Å². The first-order valence-corrected chi connectivity index (χ1v) is 38.5. The fourth-order valence-corrected chi connectivity index (χ4v) is 21.7. The molecular weight excluding hydrogens is 975 g/mol. The van der Waals surface area contributed by atoms with Gasteiger partial charge in [0.1, 0.15) is 4.90 Å². The maximum atomic E-state index is 10.8. The highest BCUT2D eigenvalue weighted by molar-refractivity contribution is 7.86. The summed E-state index contributed by atoms with van der Waals surface area (Å²) in [5, 5.41) is 20.9. The Kier molecular flexibility index (Phi) is 53.3. The number of rotatable bonds is 51. The summed E-state index contributed by atoms with van der Waals surface area (Å²) in [6.45, 7) is 19.0. The third-order valence-corrected chi connectivity index (χ3v) is 26.6. The number of benzene rings is 1. The molecule has 1 N–H and O–H groups in total. The molecule has 0 aliphatic carbocycles. The third-order valence-electron chi connectivity index (χ3n) is 15.6. The zero-order chi connectivity index (χ0) is 55.4. The van der Waals surface area contributed by atoms with Crippen LogP contribution >= 0.6 is 14.5 Å². The maximum absolute atomic E-state index is 10.8. The van der Waals surface area contributed by atoms with Gasteiger partial charge in [-0.3, -0.25) is 4.55 Å². The highest BCUT2D eigenvalue weighted by atomic mass is 32.2. The van der Waals surface area contributed by atoms with Gasteiger partial charge in [-0.2, -0.15) is 8.42 Å². The molecule has 0 radical (unpaired) electrons. The molecule has 7 nitrogen and oxygen atoms in total. The second-order valence-electron chi connectivity index (χ2n) is 22.5. The third kappa shape index (κ3) is 42.9. The summed E-state index contributed by atoms with van der Waals surface area (Å²) < 4.78 is 30.3. The van der Waals surface area contributed by atoms with Crippen LogP contribution in [0.25, 0.3) is 0 Å². The Balaban J connectivity index is 0. The molecule has 1 aromatic carbocycles. The van der Waals surface area contributed by atoms with Crippen LogP contribution in [-0.2, 0) is 10.1 Å². The molecule has 0 aliphatic heterocycles. The summed E-state index contributed by atoms with van der Waals surface area (Å²) in [5.74, 6) is -3.55. The van der Waals surface area contributed by atoms with E-state index in [-0.39, 0.29) is 0 Å². The topological polar surface area (TPSA) is 135 Å². The van der Waals surface area contributed by atoms with Crippen LogP contribution in [0.5, 0.6) is 0 Å². The minimum absolute atomic E-state index is 0.482. The van der Waals surface area contributed by atoms with E-state index in [4.69, 9.17) is 4.55 Å². The lowest BCUT2D eigenvalue weighted by molar-refractivity contribution is -0.256. The number of carboxylic acids is 2. The molecule has 74 heavy (non-hydrogen) atoms. The fourth-order valence-electron chi connectivity index (χ4n) is 10.6. The molecule has 0 bridgehead atoms. The molecule has 0 fully saturated rings. The molecule has 438 valence electrons. The first kappa shape index (κ1) is 75.0. The van der Waals surface area contributed by atoms with E-state index in [1.807, 2.05) is 0 Å². The molecule has 0 spiro atoms. The Bertz CT molecular complexity index is 1420. The van der Waals surface area contributed by atoms with Crippen molar-refractivity contribution in [3.05, 3.63) is 29.3 Å². The Labute approximate surface area is 462 Å². The number of unbranched alkanes of at least 4 members (excludes halogenated alkanes) is 32. The van der Waals surface area contributed by atoms with Crippen LogP contribution in [0.2, 0.25) is 0 Å². The van der Waals surface area contributed by atoms with E-state index in [0.717, 1.165) is 6.07 Å². The van der Waals surface area contributed by atoms with Crippen LogP contribution in [0.1, 0.15) is 333 Å². The van der Waals surface area contributed by atoms with Crippen molar-refractivity contribution in [3.8, 4) is 0 Å². The van der Waals surface area contributed by atoms with Gasteiger partial charge < -0.3 is 19.8 Å². The standard InChI is InChI=1S/2C28H60P.C8H6O7S/c2*1-5-9-13-14-15-16-17-18-19-20-21-22-23-24-28-29(25-10-6-2,26-11-7-3)27-12-8-4;9-7(10)4-1-2-5(8(11)12)6(3-4)16(13,14)15/h2*5-28H2,1-4H3;1-3H,(H,9,10)(H,11,12)(H,13,14,15)/q2*+1;/p-2. The average molecular weight is 1100 g/mol. The molecule has 0 heterocycles. The van der Waals surface area contributed by atoms with Crippen LogP contribution < -0.4 is 10.2 Å². The fraction of sp³-hybridized carbons (Fsp3) is 0.875. The van der Waals surface area contributed by atoms with E-state index < -0.39 is 52.6 Å². The lowest BCUT2D eigenvalue weighted by Gasteiger charge is -2.28. The van der Waals surface area contributed by atoms with Gasteiger partial charge in [0.15, 0.2) is 0 Å². The summed E-state index contributed by atoms with van der Waals surface area (Å²) in [4.78, 5) is 19.9. The number of aromatic carboxylic acids is 2. The van der Waals surface area contributed by atoms with E-state index in [1.54, 1.807) is 62.1 Å². The van der Waals surface area contributed by atoms with Gasteiger partial charge in [0.05, 0.1) is 61.2 Å². The van der Waals surface area contributed by atoms with E-state index in [9.17, 15) is 28.2 Å². The summed E-state index contributed by atoms with van der Waals surface area (Å²) >= 11 is 0. The quantitative estimate of drug-likeness (QED) is 0.0390. The molecule has 0 aromatic heterocycles. The van der Waals surface area contributed by atoms with Gasteiger partial charge in [0.2, 0.25) is 0 Å². The van der Waals surface area contributed by atoms with Gasteiger partial charge in [0, 0.05) is 20.1 Å². The van der Waals surface area contributed by atoms with E-state index in [1.165, 1.54) is 244 Å². The molecule has 0 saturated carbocycles. The Morgan fingerprint density at radius 3 is 0.770 bits per heavy atom. The molecule has 1 rings (SSSR count). The van der Waals surface area contributed by atoms with Crippen LogP contribution in [0, 0.1) is 0 Å². The molecule has 10 heteroatoms. The minimum atomic E-state index is -4.85. The first-order chi connectivity index (χ1) is 35.7. The summed E-state index contributed by atoms with van der Waals surface area (Å²) in [5.41, 5.74) is -1.40. The van der Waals surface area contributed by atoms with Crippen molar-refractivity contribution in [1.29, 1.82) is 0 Å². The lowest BCUT2D eigenvalue weighted by Crippen LogP contribution is -2.26. The highest BCUT2D eigenvalue weighted by Crippen LogP contribution is 2.62. The zero-order valence-electron chi connectivity index (χ0n) is 50.4. The van der Waals surface area contributed by atoms with Gasteiger partial charge >= 0.3 is 0 Å². The minimum Gasteiger partial charge on any atom is -0.545 e. The van der Waals surface area contributed by atoms with Crippen LogP contribution in [0.15, 0.2) is 23.1 Å². The summed E-state index contributed by atoms with van der Waals surface area (Å²) in [7, 11) is -6.11. The highest BCUT2D eigenvalue weighted by Gasteiger charge is 2.35. The normalized spacial score (nSPS) is 11.8. The maximum Gasteiger partial charge on any atom is 0.295 e. The number of carbonyl (C=O) groups excluding carboxylic acids is 2.